The molecule has 0 N–H and O–H groups in total. The van der Waals surface area contributed by atoms with Crippen molar-refractivity contribution in [1.29, 1.82) is 0 Å². The van der Waals surface area contributed by atoms with Crippen molar-refractivity contribution in [1.82, 2.24) is 0 Å². The van der Waals surface area contributed by atoms with Gasteiger partial charge in [-0.05, 0) is 12.7 Å². The van der Waals surface area contributed by atoms with Gasteiger partial charge < -0.3 is 4.65 Å². The number of unbranched alkanes of at least 4 members (excludes halogenated alkanes) is 7. The molecule has 0 aromatic heterocycles. The third kappa shape index (κ3) is 7.32. The van der Waals surface area contributed by atoms with Crippen molar-refractivity contribution in [2.75, 3.05) is 0 Å². The minimum Gasteiger partial charge on any atom is -0.365 e. The maximum Gasteiger partial charge on any atom is 0.517 e. The van der Waals surface area contributed by atoms with E-state index < -0.39 is 0 Å². The zero-order chi connectivity index (χ0) is 13.1. The van der Waals surface area contributed by atoms with E-state index in [1.54, 1.807) is 0 Å². The van der Waals surface area contributed by atoms with Crippen molar-refractivity contribution in [3.63, 3.8) is 0 Å². The van der Waals surface area contributed by atoms with Gasteiger partial charge in [0.05, 0.1) is 0 Å². The molecule has 1 unspecified atom stereocenters. The second-order valence-corrected chi connectivity index (χ2v) is 5.43. The fraction of sp³-hybridized carbons (Fsp3) is 0.933. The molecule has 3 heteroatoms. The lowest BCUT2D eigenvalue weighted by Crippen LogP contribution is -2.15. The second-order valence-electron chi connectivity index (χ2n) is 5.43. The standard InChI is InChI=1S/C15H30BO2/c1-3-5-6-7-8-9-10-11-12-15-14-17-16(18-15)13-4-2/h14-15H,3-13H2,1-2H3/q+1. The zero-order valence-corrected chi connectivity index (χ0v) is 12.3. The van der Waals surface area contributed by atoms with Crippen LogP contribution < -0.4 is 0 Å². The van der Waals surface area contributed by atoms with E-state index in [4.69, 9.17) is 9.31 Å². The lowest BCUT2D eigenvalue weighted by atomic mass is 9.84. The van der Waals surface area contributed by atoms with Crippen molar-refractivity contribution in [3.8, 4) is 0 Å². The topological polar surface area (TPSA) is 18.5 Å². The fourth-order valence-corrected chi connectivity index (χ4v) is 2.42. The van der Waals surface area contributed by atoms with E-state index in [9.17, 15) is 0 Å². The molecule has 1 fully saturated rings. The highest BCUT2D eigenvalue weighted by Crippen LogP contribution is 2.21. The van der Waals surface area contributed by atoms with Crippen LogP contribution in [0, 0.1) is 6.61 Å². The van der Waals surface area contributed by atoms with Gasteiger partial charge in [-0.15, -0.1) is 0 Å². The first-order valence-electron chi connectivity index (χ1n) is 8.01. The Morgan fingerprint density at radius 2 is 1.56 bits per heavy atom. The zero-order valence-electron chi connectivity index (χ0n) is 12.3. The highest BCUT2D eigenvalue weighted by Gasteiger charge is 2.38. The molecule has 2 nitrogen and oxygen atoms in total. The average molecular weight is 253 g/mol. The molecule has 0 bridgehead atoms. The SMILES string of the molecule is CCCCCCCCCCC1[CH+]OB(CCC)O1. The summed E-state index contributed by atoms with van der Waals surface area (Å²) in [5, 5.41) is 0. The van der Waals surface area contributed by atoms with Gasteiger partial charge in [-0.25, -0.2) is 4.65 Å². The van der Waals surface area contributed by atoms with E-state index in [1.807, 2.05) is 6.61 Å². The summed E-state index contributed by atoms with van der Waals surface area (Å²) in [6.07, 6.45) is 14.5. The Kier molecular flexibility index (Phi) is 9.50. The molecule has 0 amide bonds. The summed E-state index contributed by atoms with van der Waals surface area (Å²) in [7, 11) is 0.0362. The van der Waals surface area contributed by atoms with Crippen LogP contribution in [0.2, 0.25) is 6.32 Å². The van der Waals surface area contributed by atoms with E-state index in [2.05, 4.69) is 13.8 Å². The van der Waals surface area contributed by atoms with E-state index in [0.717, 1.165) is 19.2 Å². The smallest absolute Gasteiger partial charge is 0.365 e. The maximum atomic E-state index is 5.78. The molecular formula is C15H30BO2+. The molecule has 1 atom stereocenters. The van der Waals surface area contributed by atoms with Gasteiger partial charge in [0, 0.05) is 6.42 Å². The molecule has 0 aromatic rings. The summed E-state index contributed by atoms with van der Waals surface area (Å²) < 4.78 is 11.3. The highest BCUT2D eigenvalue weighted by molar-refractivity contribution is 6.45. The highest BCUT2D eigenvalue weighted by atomic mass is 16.6. The van der Waals surface area contributed by atoms with Crippen molar-refractivity contribution in [3.05, 3.63) is 6.61 Å². The molecule has 0 aromatic carbocycles. The molecule has 1 aliphatic heterocycles. The lowest BCUT2D eigenvalue weighted by molar-refractivity contribution is 0.241. The van der Waals surface area contributed by atoms with Crippen molar-refractivity contribution < 1.29 is 9.31 Å². The molecule has 1 saturated heterocycles. The van der Waals surface area contributed by atoms with Crippen LogP contribution in [0.4, 0.5) is 0 Å². The Balaban J connectivity index is 1.84. The van der Waals surface area contributed by atoms with Crippen molar-refractivity contribution in [2.45, 2.75) is 90.5 Å². The molecule has 1 aliphatic rings. The van der Waals surface area contributed by atoms with Crippen LogP contribution >= 0.6 is 0 Å². The largest absolute Gasteiger partial charge is 0.517 e. The molecular weight excluding hydrogens is 223 g/mol. The van der Waals surface area contributed by atoms with Crippen molar-refractivity contribution >= 4 is 7.12 Å². The molecule has 0 radical (unpaired) electrons. The summed E-state index contributed by atoms with van der Waals surface area (Å²) in [4.78, 5) is 0. The molecule has 18 heavy (non-hydrogen) atoms. The predicted octanol–water partition coefficient (Wildman–Crippen LogP) is 4.99. The van der Waals surface area contributed by atoms with Crippen molar-refractivity contribution in [2.24, 2.45) is 0 Å². The summed E-state index contributed by atoms with van der Waals surface area (Å²) in [6, 6.07) is 0. The molecule has 0 spiro atoms. The fourth-order valence-electron chi connectivity index (χ4n) is 2.42. The van der Waals surface area contributed by atoms with Crippen LogP contribution in [-0.4, -0.2) is 13.2 Å². The second kappa shape index (κ2) is 10.7. The Morgan fingerprint density at radius 1 is 0.889 bits per heavy atom. The first kappa shape index (κ1) is 15.9. The van der Waals surface area contributed by atoms with Gasteiger partial charge in [0.1, 0.15) is 0 Å². The Morgan fingerprint density at radius 3 is 2.22 bits per heavy atom. The molecule has 0 saturated carbocycles. The lowest BCUT2D eigenvalue weighted by Gasteiger charge is -2.03. The monoisotopic (exact) mass is 253 g/mol. The summed E-state index contributed by atoms with van der Waals surface area (Å²) >= 11 is 0. The Labute approximate surface area is 114 Å². The Hall–Kier alpha value is -0.145. The normalized spacial score (nSPS) is 19.2. The van der Waals surface area contributed by atoms with Gasteiger partial charge in [-0.1, -0.05) is 65.2 Å². The van der Waals surface area contributed by atoms with Gasteiger partial charge in [0.2, 0.25) is 12.7 Å². The maximum absolute atomic E-state index is 5.78. The van der Waals surface area contributed by atoms with Gasteiger partial charge in [-0.3, -0.25) is 0 Å². The third-order valence-corrected chi connectivity index (χ3v) is 3.58. The van der Waals surface area contributed by atoms with Crippen LogP contribution in [-0.2, 0) is 9.31 Å². The molecule has 0 aliphatic carbocycles. The first-order valence-corrected chi connectivity index (χ1v) is 8.01. The van der Waals surface area contributed by atoms with E-state index >= 15 is 0 Å². The van der Waals surface area contributed by atoms with E-state index in [-0.39, 0.29) is 13.2 Å². The van der Waals surface area contributed by atoms with Gasteiger partial charge in [-0.2, -0.15) is 0 Å². The number of hydrogen-bond acceptors (Lipinski definition) is 2. The van der Waals surface area contributed by atoms with Crippen LogP contribution in [0.15, 0.2) is 0 Å². The predicted molar refractivity (Wildman–Crippen MR) is 78.3 cm³/mol. The molecule has 1 heterocycles. The third-order valence-electron chi connectivity index (χ3n) is 3.58. The molecule has 1 rings (SSSR count). The van der Waals surface area contributed by atoms with Gasteiger partial charge in [0.15, 0.2) is 0 Å². The van der Waals surface area contributed by atoms with E-state index in [1.165, 1.54) is 51.4 Å². The van der Waals surface area contributed by atoms with Gasteiger partial charge >= 0.3 is 7.12 Å². The minimum absolute atomic E-state index is 0.0362. The van der Waals surface area contributed by atoms with Crippen LogP contribution in [0.25, 0.3) is 0 Å². The first-order chi connectivity index (χ1) is 8.86. The molecule has 104 valence electrons. The van der Waals surface area contributed by atoms with E-state index in [0.29, 0.717) is 0 Å². The Bertz CT molecular complexity index is 187. The van der Waals surface area contributed by atoms with Crippen LogP contribution in [0.3, 0.4) is 0 Å². The van der Waals surface area contributed by atoms with Crippen LogP contribution in [0.5, 0.6) is 0 Å². The van der Waals surface area contributed by atoms with Crippen LogP contribution in [0.1, 0.15) is 78.1 Å². The summed E-state index contributed by atoms with van der Waals surface area (Å²) in [5.74, 6) is 0. The minimum atomic E-state index is 0.0362. The average Bonchev–Trinajstić information content (AvgIpc) is 2.81. The number of rotatable bonds is 11. The summed E-state index contributed by atoms with van der Waals surface area (Å²) in [5.41, 5.74) is 0. The van der Waals surface area contributed by atoms with Gasteiger partial charge in [0.25, 0.3) is 0 Å². The quantitative estimate of drug-likeness (QED) is 0.293. The summed E-state index contributed by atoms with van der Waals surface area (Å²) in [6.45, 7) is 6.34. The number of hydrogen-bond donors (Lipinski definition) is 0.